The van der Waals surface area contributed by atoms with E-state index in [4.69, 9.17) is 5.73 Å². The molecule has 0 aliphatic carbocycles. The van der Waals surface area contributed by atoms with Gasteiger partial charge in [0, 0.05) is 23.5 Å². The van der Waals surface area contributed by atoms with Crippen molar-refractivity contribution in [2.75, 3.05) is 11.1 Å². The van der Waals surface area contributed by atoms with E-state index in [1.165, 1.54) is 0 Å². The van der Waals surface area contributed by atoms with Gasteiger partial charge in [-0.2, -0.15) is 0 Å². The van der Waals surface area contributed by atoms with E-state index in [2.05, 4.69) is 15.3 Å². The fourth-order valence-corrected chi connectivity index (χ4v) is 3.08. The molecular weight excluding hydrogens is 300 g/mol. The summed E-state index contributed by atoms with van der Waals surface area (Å²) >= 11 is 0. The maximum absolute atomic E-state index is 12.2. The van der Waals surface area contributed by atoms with Gasteiger partial charge in [-0.3, -0.25) is 4.79 Å². The minimum Gasteiger partial charge on any atom is -0.383 e. The van der Waals surface area contributed by atoms with E-state index in [1.54, 1.807) is 0 Å². The van der Waals surface area contributed by atoms with Crippen molar-refractivity contribution in [2.45, 2.75) is 12.3 Å². The van der Waals surface area contributed by atoms with E-state index < -0.39 is 0 Å². The number of rotatable bonds is 2. The molecule has 3 aromatic rings. The van der Waals surface area contributed by atoms with Gasteiger partial charge in [0.05, 0.1) is 0 Å². The van der Waals surface area contributed by atoms with Crippen molar-refractivity contribution in [3.05, 3.63) is 71.8 Å². The van der Waals surface area contributed by atoms with Crippen molar-refractivity contribution in [2.24, 2.45) is 0 Å². The number of carbonyl (C=O) groups is 1. The first-order valence-corrected chi connectivity index (χ1v) is 7.80. The van der Waals surface area contributed by atoms with Gasteiger partial charge in [0.2, 0.25) is 5.91 Å². The number of nitrogens with one attached hydrogen (secondary N) is 1. The van der Waals surface area contributed by atoms with Crippen LogP contribution in [0.4, 0.5) is 11.6 Å². The number of nitrogen functional groups attached to an aromatic ring is 1. The molecule has 0 saturated heterocycles. The average molecular weight is 316 g/mol. The van der Waals surface area contributed by atoms with Crippen LogP contribution < -0.4 is 11.1 Å². The Labute approximate surface area is 139 Å². The Bertz CT molecular complexity index is 894. The largest absolute Gasteiger partial charge is 0.383 e. The van der Waals surface area contributed by atoms with Gasteiger partial charge < -0.3 is 11.1 Å². The topological polar surface area (TPSA) is 80.9 Å². The lowest BCUT2D eigenvalue weighted by molar-refractivity contribution is -0.116. The molecule has 3 N–H and O–H groups in total. The molecular formula is C19H16N4O. The minimum absolute atomic E-state index is 0.0616. The number of nitrogens with two attached hydrogens (primary N) is 1. The van der Waals surface area contributed by atoms with Crippen LogP contribution in [0.25, 0.3) is 11.4 Å². The summed E-state index contributed by atoms with van der Waals surface area (Å²) in [7, 11) is 0. The van der Waals surface area contributed by atoms with Crippen molar-refractivity contribution in [1.29, 1.82) is 0 Å². The van der Waals surface area contributed by atoms with E-state index in [1.807, 2.05) is 60.7 Å². The lowest BCUT2D eigenvalue weighted by atomic mass is 9.86. The van der Waals surface area contributed by atoms with Crippen LogP contribution in [0.15, 0.2) is 60.7 Å². The van der Waals surface area contributed by atoms with Crippen molar-refractivity contribution >= 4 is 17.5 Å². The van der Waals surface area contributed by atoms with Crippen molar-refractivity contribution in [1.82, 2.24) is 9.97 Å². The molecule has 4 rings (SSSR count). The predicted molar refractivity (Wildman–Crippen MR) is 93.4 cm³/mol. The van der Waals surface area contributed by atoms with Crippen LogP contribution in [-0.2, 0) is 4.79 Å². The molecule has 0 radical (unpaired) electrons. The van der Waals surface area contributed by atoms with Gasteiger partial charge in [-0.25, -0.2) is 9.97 Å². The maximum Gasteiger partial charge on any atom is 0.226 e. The second kappa shape index (κ2) is 5.77. The highest BCUT2D eigenvalue weighted by molar-refractivity contribution is 5.95. The van der Waals surface area contributed by atoms with Crippen LogP contribution in [0.1, 0.15) is 23.5 Å². The first kappa shape index (κ1) is 14.4. The van der Waals surface area contributed by atoms with Crippen molar-refractivity contribution in [3.63, 3.8) is 0 Å². The zero-order valence-corrected chi connectivity index (χ0v) is 12.9. The van der Waals surface area contributed by atoms with Crippen LogP contribution >= 0.6 is 0 Å². The Morgan fingerprint density at radius 3 is 2.33 bits per heavy atom. The number of carbonyl (C=O) groups excluding carboxylic acids is 1. The predicted octanol–water partition coefficient (Wildman–Crippen LogP) is 3.20. The van der Waals surface area contributed by atoms with E-state index >= 15 is 0 Å². The van der Waals surface area contributed by atoms with Crippen molar-refractivity contribution in [3.8, 4) is 11.4 Å². The normalized spacial score (nSPS) is 16.3. The summed E-state index contributed by atoms with van der Waals surface area (Å²) in [5.41, 5.74) is 8.94. The first-order valence-electron chi connectivity index (χ1n) is 7.80. The molecule has 0 spiro atoms. The molecule has 1 atom stereocenters. The highest BCUT2D eigenvalue weighted by atomic mass is 16.1. The van der Waals surface area contributed by atoms with Crippen LogP contribution in [0.2, 0.25) is 0 Å². The summed E-state index contributed by atoms with van der Waals surface area (Å²) in [4.78, 5) is 21.2. The van der Waals surface area contributed by atoms with Crippen LogP contribution in [-0.4, -0.2) is 15.9 Å². The summed E-state index contributed by atoms with van der Waals surface area (Å²) in [6.07, 6.45) is 0.343. The molecule has 5 heteroatoms. The van der Waals surface area contributed by atoms with E-state index in [9.17, 15) is 4.79 Å². The number of anilines is 2. The lowest BCUT2D eigenvalue weighted by Crippen LogP contribution is -2.26. The van der Waals surface area contributed by atoms with Crippen molar-refractivity contribution < 1.29 is 4.79 Å². The number of amides is 1. The Kier molecular flexibility index (Phi) is 3.46. The Balaban J connectivity index is 1.86. The molecule has 1 aromatic heterocycles. The zero-order valence-electron chi connectivity index (χ0n) is 12.9. The molecule has 24 heavy (non-hydrogen) atoms. The number of benzene rings is 2. The third-order valence-electron chi connectivity index (χ3n) is 4.20. The molecule has 5 nitrogen and oxygen atoms in total. The van der Waals surface area contributed by atoms with E-state index in [-0.39, 0.29) is 11.8 Å². The molecule has 2 heterocycles. The minimum atomic E-state index is -0.125. The van der Waals surface area contributed by atoms with Crippen LogP contribution in [0.3, 0.4) is 0 Å². The third kappa shape index (κ3) is 2.50. The van der Waals surface area contributed by atoms with Gasteiger partial charge in [0.1, 0.15) is 11.6 Å². The molecule has 1 aliphatic heterocycles. The lowest BCUT2D eigenvalue weighted by Gasteiger charge is -2.26. The molecule has 0 saturated carbocycles. The zero-order chi connectivity index (χ0) is 16.5. The highest BCUT2D eigenvalue weighted by Gasteiger charge is 2.30. The average Bonchev–Trinajstić information content (AvgIpc) is 2.62. The summed E-state index contributed by atoms with van der Waals surface area (Å²) < 4.78 is 0. The third-order valence-corrected chi connectivity index (χ3v) is 4.20. The Morgan fingerprint density at radius 1 is 0.958 bits per heavy atom. The van der Waals surface area contributed by atoms with Gasteiger partial charge in [-0.05, 0) is 5.56 Å². The number of nitrogens with zero attached hydrogens (tertiary/aromatic N) is 2. The van der Waals surface area contributed by atoms with Gasteiger partial charge in [-0.15, -0.1) is 0 Å². The molecule has 1 aliphatic rings. The summed E-state index contributed by atoms with van der Waals surface area (Å²) in [6, 6.07) is 19.5. The van der Waals surface area contributed by atoms with Gasteiger partial charge in [-0.1, -0.05) is 60.7 Å². The Morgan fingerprint density at radius 2 is 1.62 bits per heavy atom. The second-order valence-corrected chi connectivity index (χ2v) is 5.78. The van der Waals surface area contributed by atoms with Gasteiger partial charge in [0.25, 0.3) is 0 Å². The summed E-state index contributed by atoms with van der Waals surface area (Å²) in [5.74, 6) is 1.24. The van der Waals surface area contributed by atoms with E-state index in [0.29, 0.717) is 23.9 Å². The quantitative estimate of drug-likeness (QED) is 0.761. The number of aromatic nitrogens is 2. The highest BCUT2D eigenvalue weighted by Crippen LogP contribution is 2.39. The van der Waals surface area contributed by atoms with Gasteiger partial charge in [0.15, 0.2) is 5.82 Å². The van der Waals surface area contributed by atoms with Gasteiger partial charge >= 0.3 is 0 Å². The molecule has 0 fully saturated rings. The first-order chi connectivity index (χ1) is 11.7. The molecule has 118 valence electrons. The standard InChI is InChI=1S/C19H16N4O/c20-17-16-14(12-7-3-1-4-8-12)11-15(24)21-19(16)23-18(22-17)13-9-5-2-6-10-13/h1-10,14H,11H2,(H3,20,21,22,23,24). The number of fused-ring (bicyclic) bond motifs is 1. The molecule has 1 amide bonds. The maximum atomic E-state index is 12.2. The molecule has 2 aromatic carbocycles. The van der Waals surface area contributed by atoms with Crippen LogP contribution in [0.5, 0.6) is 0 Å². The summed E-state index contributed by atoms with van der Waals surface area (Å²) in [6.45, 7) is 0. The fraction of sp³-hybridized carbons (Fsp3) is 0.105. The monoisotopic (exact) mass is 316 g/mol. The molecule has 0 bridgehead atoms. The SMILES string of the molecule is Nc1nc(-c2ccccc2)nc2c1C(c1ccccc1)CC(=O)N2. The fourth-order valence-electron chi connectivity index (χ4n) is 3.08. The smallest absolute Gasteiger partial charge is 0.226 e. The number of hydrogen-bond donors (Lipinski definition) is 2. The number of hydrogen-bond acceptors (Lipinski definition) is 4. The summed E-state index contributed by atoms with van der Waals surface area (Å²) in [5, 5.41) is 2.84. The van der Waals surface area contributed by atoms with Crippen LogP contribution in [0, 0.1) is 0 Å². The Hall–Kier alpha value is -3.21. The molecule has 1 unspecified atom stereocenters. The van der Waals surface area contributed by atoms with E-state index in [0.717, 1.165) is 16.7 Å². The second-order valence-electron chi connectivity index (χ2n) is 5.78.